The van der Waals surface area contributed by atoms with Crippen molar-refractivity contribution in [3.05, 3.63) is 60.8 Å². The molecule has 0 amide bonds. The van der Waals surface area contributed by atoms with Gasteiger partial charge in [0.15, 0.2) is 6.10 Å². The molecule has 0 aromatic carbocycles. The first kappa shape index (κ1) is 66.1. The van der Waals surface area contributed by atoms with Gasteiger partial charge in [0.25, 0.3) is 0 Å². The molecule has 0 radical (unpaired) electrons. The first-order chi connectivity index (χ1) is 34.0. The van der Waals surface area contributed by atoms with E-state index in [1.54, 1.807) is 0 Å². The zero-order valence-electron chi connectivity index (χ0n) is 45.8. The Morgan fingerprint density at radius 1 is 0.290 bits per heavy atom. The molecule has 0 aliphatic heterocycles. The summed E-state index contributed by atoms with van der Waals surface area (Å²) in [5.74, 6) is -0.888. The molecular weight excluding hydrogens is 853 g/mol. The van der Waals surface area contributed by atoms with E-state index in [-0.39, 0.29) is 31.1 Å². The summed E-state index contributed by atoms with van der Waals surface area (Å²) < 4.78 is 16.9. The fourth-order valence-corrected chi connectivity index (χ4v) is 8.44. The normalized spacial score (nSPS) is 12.1. The summed E-state index contributed by atoms with van der Waals surface area (Å²) >= 11 is 0. The Bertz CT molecular complexity index is 1180. The molecule has 400 valence electrons. The van der Waals surface area contributed by atoms with Crippen molar-refractivity contribution in [2.75, 3.05) is 13.2 Å². The predicted molar refractivity (Wildman–Crippen MR) is 298 cm³/mol. The molecule has 0 heterocycles. The van der Waals surface area contributed by atoms with Gasteiger partial charge >= 0.3 is 17.9 Å². The number of allylic oxidation sites excluding steroid dienone is 10. The number of unbranched alkanes of at least 4 members (excludes halogenated alkanes) is 33. The van der Waals surface area contributed by atoms with Crippen LogP contribution >= 0.6 is 0 Å². The van der Waals surface area contributed by atoms with Crippen molar-refractivity contribution in [1.29, 1.82) is 0 Å². The lowest BCUT2D eigenvalue weighted by atomic mass is 10.1. The molecule has 0 unspecified atom stereocenters. The molecule has 0 atom stereocenters. The van der Waals surface area contributed by atoms with Crippen molar-refractivity contribution in [2.45, 2.75) is 309 Å². The summed E-state index contributed by atoms with van der Waals surface area (Å²) in [5.41, 5.74) is 0. The van der Waals surface area contributed by atoms with Gasteiger partial charge < -0.3 is 14.2 Å². The van der Waals surface area contributed by atoms with Gasteiger partial charge in [-0.25, -0.2) is 0 Å². The molecule has 69 heavy (non-hydrogen) atoms. The second-order valence-electron chi connectivity index (χ2n) is 19.9. The lowest BCUT2D eigenvalue weighted by Crippen LogP contribution is -2.30. The maximum atomic E-state index is 12.9. The summed E-state index contributed by atoms with van der Waals surface area (Å²) in [5, 5.41) is 0. The number of hydrogen-bond donors (Lipinski definition) is 0. The Kier molecular flexibility index (Phi) is 55.3. The fraction of sp³-hybridized carbons (Fsp3) is 0.794. The minimum Gasteiger partial charge on any atom is -0.462 e. The van der Waals surface area contributed by atoms with Crippen LogP contribution in [0.25, 0.3) is 0 Å². The van der Waals surface area contributed by atoms with E-state index in [1.807, 2.05) is 0 Å². The number of hydrogen-bond acceptors (Lipinski definition) is 6. The van der Waals surface area contributed by atoms with Crippen molar-refractivity contribution in [1.82, 2.24) is 0 Å². The highest BCUT2D eigenvalue weighted by Crippen LogP contribution is 2.15. The number of ether oxygens (including phenoxy) is 3. The van der Waals surface area contributed by atoms with Gasteiger partial charge in [-0.3, -0.25) is 14.4 Å². The molecule has 0 saturated heterocycles. The van der Waals surface area contributed by atoms with Crippen LogP contribution in [0.1, 0.15) is 303 Å². The molecule has 6 nitrogen and oxygen atoms in total. The lowest BCUT2D eigenvalue weighted by Gasteiger charge is -2.18. The van der Waals surface area contributed by atoms with E-state index in [4.69, 9.17) is 14.2 Å². The molecule has 0 aliphatic carbocycles. The molecule has 0 N–H and O–H groups in total. The second kappa shape index (κ2) is 57.7. The smallest absolute Gasteiger partial charge is 0.306 e. The van der Waals surface area contributed by atoms with Crippen LogP contribution in [0.15, 0.2) is 60.8 Å². The lowest BCUT2D eigenvalue weighted by molar-refractivity contribution is -0.167. The van der Waals surface area contributed by atoms with Gasteiger partial charge in [-0.1, -0.05) is 236 Å². The summed E-state index contributed by atoms with van der Waals surface area (Å²) in [7, 11) is 0. The maximum absolute atomic E-state index is 12.9. The van der Waals surface area contributed by atoms with E-state index in [2.05, 4.69) is 81.5 Å². The van der Waals surface area contributed by atoms with Crippen LogP contribution in [-0.2, 0) is 28.6 Å². The van der Waals surface area contributed by atoms with Crippen LogP contribution < -0.4 is 0 Å². The largest absolute Gasteiger partial charge is 0.462 e. The third-order valence-electron chi connectivity index (χ3n) is 13.0. The number of rotatable bonds is 54. The number of carbonyl (C=O) groups is 3. The van der Waals surface area contributed by atoms with Crippen molar-refractivity contribution in [2.24, 2.45) is 0 Å². The molecule has 0 fully saturated rings. The van der Waals surface area contributed by atoms with Gasteiger partial charge in [0, 0.05) is 19.3 Å². The summed E-state index contributed by atoms with van der Waals surface area (Å²) in [6.45, 7) is 6.60. The van der Waals surface area contributed by atoms with E-state index in [0.29, 0.717) is 19.3 Å². The average molecular weight is 966 g/mol. The van der Waals surface area contributed by atoms with Crippen molar-refractivity contribution < 1.29 is 28.6 Å². The zero-order chi connectivity index (χ0) is 50.0. The zero-order valence-corrected chi connectivity index (χ0v) is 45.8. The molecule has 0 spiro atoms. The van der Waals surface area contributed by atoms with Crippen LogP contribution in [0, 0.1) is 0 Å². The highest BCUT2D eigenvalue weighted by molar-refractivity contribution is 5.71. The van der Waals surface area contributed by atoms with Crippen LogP contribution in [0.4, 0.5) is 0 Å². The first-order valence-corrected chi connectivity index (χ1v) is 29.8. The Balaban J connectivity index is 4.40. The summed E-state index contributed by atoms with van der Waals surface area (Å²) in [4.78, 5) is 38.2. The Hall–Kier alpha value is -2.89. The Morgan fingerprint density at radius 2 is 0.522 bits per heavy atom. The summed E-state index contributed by atoms with van der Waals surface area (Å²) in [6.07, 6.45) is 72.0. The quantitative estimate of drug-likeness (QED) is 0.0262. The fourth-order valence-electron chi connectivity index (χ4n) is 8.44. The number of esters is 3. The van der Waals surface area contributed by atoms with Crippen LogP contribution in [0.5, 0.6) is 0 Å². The van der Waals surface area contributed by atoms with Gasteiger partial charge in [0.05, 0.1) is 0 Å². The first-order valence-electron chi connectivity index (χ1n) is 29.8. The minimum atomic E-state index is -0.783. The average Bonchev–Trinajstić information content (AvgIpc) is 3.35. The van der Waals surface area contributed by atoms with Gasteiger partial charge in [0.1, 0.15) is 13.2 Å². The van der Waals surface area contributed by atoms with Crippen molar-refractivity contribution in [3.8, 4) is 0 Å². The molecule has 0 aromatic rings. The molecular formula is C63H112O6. The minimum absolute atomic E-state index is 0.0816. The van der Waals surface area contributed by atoms with E-state index >= 15 is 0 Å². The van der Waals surface area contributed by atoms with Gasteiger partial charge in [0.2, 0.25) is 0 Å². The molecule has 0 aromatic heterocycles. The molecule has 6 heteroatoms. The third kappa shape index (κ3) is 55.9. The van der Waals surface area contributed by atoms with Crippen LogP contribution in [0.2, 0.25) is 0 Å². The van der Waals surface area contributed by atoms with E-state index in [1.165, 1.54) is 180 Å². The van der Waals surface area contributed by atoms with Crippen LogP contribution in [0.3, 0.4) is 0 Å². The highest BCUT2D eigenvalue weighted by Gasteiger charge is 2.19. The van der Waals surface area contributed by atoms with E-state index in [0.717, 1.165) is 83.5 Å². The third-order valence-corrected chi connectivity index (χ3v) is 13.0. The SMILES string of the molecule is CCCCC/C=C\C/C=C\CCCCCCCCCC(=O)OCC(COC(=O)CCCCCCCCC/C=C\C/C=C\CCCCC)OC(=O)CCCCCCCCC/C=C\CCCCCCCC. The molecule has 0 bridgehead atoms. The Labute approximate surface area is 428 Å². The van der Waals surface area contributed by atoms with Crippen molar-refractivity contribution in [3.63, 3.8) is 0 Å². The van der Waals surface area contributed by atoms with Gasteiger partial charge in [-0.05, 0) is 109 Å². The predicted octanol–water partition coefficient (Wildman–Crippen LogP) is 20.0. The summed E-state index contributed by atoms with van der Waals surface area (Å²) in [6, 6.07) is 0. The monoisotopic (exact) mass is 965 g/mol. The molecule has 0 saturated carbocycles. The Morgan fingerprint density at radius 3 is 0.841 bits per heavy atom. The maximum Gasteiger partial charge on any atom is 0.306 e. The second-order valence-corrected chi connectivity index (χ2v) is 19.9. The van der Waals surface area contributed by atoms with Crippen molar-refractivity contribution >= 4 is 17.9 Å². The van der Waals surface area contributed by atoms with Crippen LogP contribution in [-0.4, -0.2) is 37.2 Å². The topological polar surface area (TPSA) is 78.9 Å². The van der Waals surface area contributed by atoms with Gasteiger partial charge in [-0.15, -0.1) is 0 Å². The van der Waals surface area contributed by atoms with E-state index < -0.39 is 6.10 Å². The van der Waals surface area contributed by atoms with E-state index in [9.17, 15) is 14.4 Å². The standard InChI is InChI=1S/C63H112O6/c1-4-7-10-13-16-19-22-25-28-31-34-37-40-43-46-49-52-55-61(64)67-58-60(69-63(66)57-54-51-48-45-42-39-36-33-30-27-24-21-18-15-12-9-6-3)59-68-62(65)56-53-50-47-44-41-38-35-32-29-26-23-20-17-14-11-8-5-2/h16-17,19-20,25-30,60H,4-15,18,21-24,31-59H2,1-3H3/b19-16-,20-17-,28-25-,29-26-,30-27-. The molecule has 0 rings (SSSR count). The highest BCUT2D eigenvalue weighted by atomic mass is 16.6. The molecule has 0 aliphatic rings. The number of carbonyl (C=O) groups excluding carboxylic acids is 3. The van der Waals surface area contributed by atoms with Gasteiger partial charge in [-0.2, -0.15) is 0 Å².